The molecule has 3 atom stereocenters. The molecule has 1 saturated carbocycles. The molecule has 1 amide bonds. The number of benzene rings is 2. The summed E-state index contributed by atoms with van der Waals surface area (Å²) in [5.74, 6) is -0.334. The van der Waals surface area contributed by atoms with Gasteiger partial charge in [0.15, 0.2) is 0 Å². The van der Waals surface area contributed by atoms with Gasteiger partial charge < -0.3 is 4.74 Å². The maximum absolute atomic E-state index is 13.4. The Bertz CT molecular complexity index is 1460. The average Bonchev–Trinajstić information content (AvgIpc) is 3.05. The molecule has 0 radical (unpaired) electrons. The summed E-state index contributed by atoms with van der Waals surface area (Å²) < 4.78 is 34.8. The number of amides is 1. The molecule has 0 unspecified atom stereocenters. The Balaban J connectivity index is 1.43. The topological polar surface area (TPSA) is 84.9 Å². The van der Waals surface area contributed by atoms with Crippen LogP contribution in [0.2, 0.25) is 5.02 Å². The monoisotopic (exact) mass is 584 g/mol. The van der Waals surface area contributed by atoms with E-state index in [0.29, 0.717) is 12.5 Å². The molecule has 9 heteroatoms. The largest absolute Gasteiger partial charge is 0.362 e. The van der Waals surface area contributed by atoms with Crippen LogP contribution in [-0.4, -0.2) is 39.2 Å². The van der Waals surface area contributed by atoms with Crippen molar-refractivity contribution in [2.75, 3.05) is 18.2 Å². The van der Waals surface area contributed by atoms with Crippen molar-refractivity contribution in [1.82, 2.24) is 4.72 Å². The molecule has 2 aliphatic carbocycles. The summed E-state index contributed by atoms with van der Waals surface area (Å²) >= 11 is 6.38. The van der Waals surface area contributed by atoms with Crippen LogP contribution < -0.4 is 9.79 Å². The maximum Gasteiger partial charge on any atom is 0.265 e. The van der Waals surface area contributed by atoms with Gasteiger partial charge in [-0.05, 0) is 112 Å². The number of rotatable bonds is 0. The minimum absolute atomic E-state index is 0.0351. The number of carbonyl (C=O) groups excluding carboxylic acids is 1. The fourth-order valence-corrected chi connectivity index (χ4v) is 7.92. The molecule has 0 saturated heterocycles. The Morgan fingerprint density at radius 2 is 1.88 bits per heavy atom. The molecule has 4 aliphatic rings. The van der Waals surface area contributed by atoms with Crippen LogP contribution in [0.4, 0.5) is 5.69 Å². The van der Waals surface area contributed by atoms with Crippen LogP contribution in [0.25, 0.3) is 0 Å². The van der Waals surface area contributed by atoms with Gasteiger partial charge in [0.2, 0.25) is 0 Å². The number of aryl methyl sites for hydroxylation is 2. The summed E-state index contributed by atoms with van der Waals surface area (Å²) in [5, 5.41) is 2.73. The Labute approximate surface area is 241 Å². The standard InChI is InChI=1S/C31H37ClN2O5S/c1-30(2)29(35)33-40(36,37)25-11-8-21-14-16-31(15-5-7-23-18-24(32)10-12-26(23)31)20-34(27(21)19-25)39-28-13-9-22(28)6-3-4-17-38-30/h3-4,8,10-12,18-19,22,28H,5-7,9,13-17,20H2,1-2H3,(H,33,35)/b4-3+/t22-,28-,31-/m1/s1. The van der Waals surface area contributed by atoms with Crippen LogP contribution in [-0.2, 0) is 42.6 Å². The summed E-state index contributed by atoms with van der Waals surface area (Å²) in [5.41, 5.74) is 2.98. The van der Waals surface area contributed by atoms with E-state index in [-0.39, 0.29) is 23.0 Å². The van der Waals surface area contributed by atoms with Gasteiger partial charge in [-0.15, -0.1) is 0 Å². The minimum atomic E-state index is -4.13. The van der Waals surface area contributed by atoms with Crippen molar-refractivity contribution >= 4 is 33.2 Å². The zero-order valence-electron chi connectivity index (χ0n) is 23.1. The van der Waals surface area contributed by atoms with Crippen LogP contribution in [0.5, 0.6) is 0 Å². The second-order valence-corrected chi connectivity index (χ2v) is 14.3. The predicted molar refractivity (Wildman–Crippen MR) is 155 cm³/mol. The number of hydroxylamine groups is 1. The lowest BCUT2D eigenvalue weighted by atomic mass is 9.67. The molecule has 2 heterocycles. The number of ether oxygens (including phenoxy) is 1. The lowest BCUT2D eigenvalue weighted by molar-refractivity contribution is -0.139. The second kappa shape index (κ2) is 10.5. The zero-order valence-corrected chi connectivity index (χ0v) is 24.7. The van der Waals surface area contributed by atoms with Gasteiger partial charge >= 0.3 is 0 Å². The SMILES string of the molecule is CC1(C)OC/C=C/C[C@@H]2CC[C@H]2ON2C[C@@]3(CCCc4cc(Cl)ccc43)CCc3ccc(cc32)S(=O)(=O)NC1=O. The van der Waals surface area contributed by atoms with E-state index in [2.05, 4.69) is 22.9 Å². The number of hydrogen-bond acceptors (Lipinski definition) is 6. The van der Waals surface area contributed by atoms with Crippen LogP contribution in [0.1, 0.15) is 69.1 Å². The Kier molecular flexibility index (Phi) is 7.26. The highest BCUT2D eigenvalue weighted by molar-refractivity contribution is 7.90. The molecular weight excluding hydrogens is 548 g/mol. The first-order chi connectivity index (χ1) is 19.1. The van der Waals surface area contributed by atoms with Gasteiger partial charge in [-0.1, -0.05) is 35.9 Å². The molecule has 6 rings (SSSR count). The number of halogens is 1. The molecule has 2 aromatic carbocycles. The summed E-state index contributed by atoms with van der Waals surface area (Å²) in [6, 6.07) is 11.4. The molecular formula is C31H37ClN2O5S. The summed E-state index contributed by atoms with van der Waals surface area (Å²) in [6.45, 7) is 4.01. The summed E-state index contributed by atoms with van der Waals surface area (Å²) in [6.07, 6.45) is 11.7. The number of carbonyl (C=O) groups is 1. The van der Waals surface area contributed by atoms with E-state index in [1.807, 2.05) is 23.3 Å². The minimum Gasteiger partial charge on any atom is -0.362 e. The van der Waals surface area contributed by atoms with Crippen molar-refractivity contribution in [2.24, 2.45) is 5.92 Å². The quantitative estimate of drug-likeness (QED) is 0.404. The van der Waals surface area contributed by atoms with Crippen LogP contribution in [0.15, 0.2) is 53.4 Å². The highest BCUT2D eigenvalue weighted by atomic mass is 35.5. The molecule has 2 aliphatic heterocycles. The Morgan fingerprint density at radius 3 is 2.67 bits per heavy atom. The van der Waals surface area contributed by atoms with E-state index in [1.54, 1.807) is 26.0 Å². The highest BCUT2D eigenvalue weighted by Crippen LogP contribution is 2.47. The predicted octanol–water partition coefficient (Wildman–Crippen LogP) is 5.64. The van der Waals surface area contributed by atoms with Crippen molar-refractivity contribution < 1.29 is 22.8 Å². The molecule has 7 nitrogen and oxygen atoms in total. The number of hydrogen-bond donors (Lipinski definition) is 1. The first kappa shape index (κ1) is 27.8. The van der Waals surface area contributed by atoms with E-state index < -0.39 is 21.5 Å². The van der Waals surface area contributed by atoms with E-state index in [1.165, 1.54) is 11.1 Å². The molecule has 2 aromatic rings. The first-order valence-corrected chi connectivity index (χ1v) is 16.1. The van der Waals surface area contributed by atoms with Gasteiger partial charge in [-0.25, -0.2) is 13.1 Å². The molecule has 1 fully saturated rings. The third-order valence-corrected chi connectivity index (χ3v) is 10.8. The average molecular weight is 585 g/mol. The van der Waals surface area contributed by atoms with E-state index in [9.17, 15) is 13.2 Å². The number of nitrogens with one attached hydrogen (secondary N) is 1. The van der Waals surface area contributed by atoms with Crippen LogP contribution in [0, 0.1) is 5.92 Å². The molecule has 40 heavy (non-hydrogen) atoms. The highest BCUT2D eigenvalue weighted by Gasteiger charge is 2.43. The lowest BCUT2D eigenvalue weighted by Crippen LogP contribution is -2.47. The summed E-state index contributed by atoms with van der Waals surface area (Å²) in [4.78, 5) is 19.8. The van der Waals surface area contributed by atoms with Gasteiger partial charge in [-0.2, -0.15) is 0 Å². The number of sulfonamides is 1. The van der Waals surface area contributed by atoms with Crippen molar-refractivity contribution in [2.45, 2.75) is 87.2 Å². The van der Waals surface area contributed by atoms with Crippen molar-refractivity contribution in [3.8, 4) is 0 Å². The third kappa shape index (κ3) is 5.20. The van der Waals surface area contributed by atoms with Gasteiger partial charge in [-0.3, -0.25) is 14.7 Å². The van der Waals surface area contributed by atoms with Crippen molar-refractivity contribution in [3.63, 3.8) is 0 Å². The van der Waals surface area contributed by atoms with E-state index >= 15 is 0 Å². The van der Waals surface area contributed by atoms with Gasteiger partial charge in [0.05, 0.1) is 29.8 Å². The number of fused-ring (bicyclic) bond motifs is 4. The van der Waals surface area contributed by atoms with Gasteiger partial charge in [0.25, 0.3) is 15.9 Å². The summed E-state index contributed by atoms with van der Waals surface area (Å²) in [7, 11) is -4.13. The molecule has 0 aromatic heterocycles. The normalized spacial score (nSPS) is 30.3. The van der Waals surface area contributed by atoms with Gasteiger partial charge in [0.1, 0.15) is 5.60 Å². The second-order valence-electron chi connectivity index (χ2n) is 12.2. The van der Waals surface area contributed by atoms with Gasteiger partial charge in [0, 0.05) is 10.4 Å². The zero-order chi connectivity index (χ0) is 28.1. The Hall–Kier alpha value is -2.39. The van der Waals surface area contributed by atoms with Crippen LogP contribution >= 0.6 is 11.6 Å². The number of nitrogens with zero attached hydrogens (tertiary/aromatic N) is 1. The molecule has 1 spiro atoms. The van der Waals surface area contributed by atoms with E-state index in [4.69, 9.17) is 21.2 Å². The van der Waals surface area contributed by atoms with Crippen molar-refractivity contribution in [3.05, 3.63) is 70.3 Å². The smallest absolute Gasteiger partial charge is 0.265 e. The third-order valence-electron chi connectivity index (χ3n) is 9.23. The first-order valence-electron chi connectivity index (χ1n) is 14.3. The maximum atomic E-state index is 13.4. The van der Waals surface area contributed by atoms with E-state index in [0.717, 1.165) is 67.6 Å². The number of allylic oxidation sites excluding steroid dienone is 1. The molecule has 1 N–H and O–H groups in total. The van der Waals surface area contributed by atoms with Crippen molar-refractivity contribution in [1.29, 1.82) is 0 Å². The fourth-order valence-electron chi connectivity index (χ4n) is 6.60. The number of anilines is 1. The molecule has 214 valence electrons. The Morgan fingerprint density at radius 1 is 1.02 bits per heavy atom. The lowest BCUT2D eigenvalue weighted by Gasteiger charge is -2.44. The fraction of sp³-hybridized carbons (Fsp3) is 0.516. The molecule has 2 bridgehead atoms. The van der Waals surface area contributed by atoms with Crippen LogP contribution in [0.3, 0.4) is 0 Å².